The van der Waals surface area contributed by atoms with Gasteiger partial charge in [-0.1, -0.05) is 0 Å². The third kappa shape index (κ3) is 5.99. The standard InChI is InChI=1S/C18H15Br3N4O4/c1-9-16(21)12(7-28-2)11(5-22)18(24-9)29-8-15(26)25-23-6-10-3-13(19)17(27)14(20)4-10/h3-4,6,27H,7-8H2,1-2H3,(H,25,26)/b23-6+. The minimum absolute atomic E-state index is 0.0470. The van der Waals surface area contributed by atoms with E-state index in [4.69, 9.17) is 9.47 Å². The van der Waals surface area contributed by atoms with Crippen molar-refractivity contribution in [3.63, 3.8) is 0 Å². The number of ether oxygens (including phenoxy) is 2. The van der Waals surface area contributed by atoms with Crippen LogP contribution in [0.25, 0.3) is 0 Å². The number of carbonyl (C=O) groups excluding carboxylic acids is 1. The molecule has 0 aliphatic rings. The van der Waals surface area contributed by atoms with Crippen molar-refractivity contribution in [2.24, 2.45) is 5.10 Å². The number of pyridine rings is 1. The number of aryl methyl sites for hydroxylation is 1. The van der Waals surface area contributed by atoms with Crippen LogP contribution in [0.15, 0.2) is 30.7 Å². The Morgan fingerprint density at radius 2 is 2.03 bits per heavy atom. The van der Waals surface area contributed by atoms with E-state index in [9.17, 15) is 15.2 Å². The second-order valence-corrected chi connectivity index (χ2v) is 8.13. The lowest BCUT2D eigenvalue weighted by Crippen LogP contribution is -2.25. The van der Waals surface area contributed by atoms with Crippen molar-refractivity contribution in [1.29, 1.82) is 5.26 Å². The molecule has 0 radical (unpaired) electrons. The molecule has 1 heterocycles. The van der Waals surface area contributed by atoms with Gasteiger partial charge in [0.05, 0.1) is 27.5 Å². The summed E-state index contributed by atoms with van der Waals surface area (Å²) < 4.78 is 12.2. The lowest BCUT2D eigenvalue weighted by atomic mass is 10.1. The molecule has 2 N–H and O–H groups in total. The fraction of sp³-hybridized carbons (Fsp3) is 0.222. The van der Waals surface area contributed by atoms with Crippen molar-refractivity contribution in [2.45, 2.75) is 13.5 Å². The minimum Gasteiger partial charge on any atom is -0.506 e. The van der Waals surface area contributed by atoms with E-state index in [1.165, 1.54) is 13.3 Å². The first-order valence-electron chi connectivity index (χ1n) is 7.99. The van der Waals surface area contributed by atoms with Gasteiger partial charge in [0, 0.05) is 17.1 Å². The Morgan fingerprint density at radius 3 is 2.62 bits per heavy atom. The average Bonchev–Trinajstić information content (AvgIpc) is 2.68. The summed E-state index contributed by atoms with van der Waals surface area (Å²) in [6.07, 6.45) is 1.41. The van der Waals surface area contributed by atoms with Crippen molar-refractivity contribution in [1.82, 2.24) is 10.4 Å². The number of hydrogen-bond acceptors (Lipinski definition) is 7. The summed E-state index contributed by atoms with van der Waals surface area (Å²) in [6, 6.07) is 5.30. The van der Waals surface area contributed by atoms with Crippen LogP contribution in [-0.4, -0.2) is 35.9 Å². The van der Waals surface area contributed by atoms with E-state index < -0.39 is 5.91 Å². The number of nitrogens with one attached hydrogen (secondary N) is 1. The number of aromatic nitrogens is 1. The molecule has 29 heavy (non-hydrogen) atoms. The smallest absolute Gasteiger partial charge is 0.278 e. The first kappa shape index (κ1) is 23.3. The summed E-state index contributed by atoms with van der Waals surface area (Å²) in [5.74, 6) is -0.415. The van der Waals surface area contributed by atoms with Crippen LogP contribution in [0, 0.1) is 18.3 Å². The van der Waals surface area contributed by atoms with E-state index in [-0.39, 0.29) is 30.4 Å². The first-order chi connectivity index (χ1) is 13.8. The highest BCUT2D eigenvalue weighted by Gasteiger charge is 2.18. The molecular weight excluding hydrogens is 576 g/mol. The second-order valence-electron chi connectivity index (χ2n) is 5.63. The lowest BCUT2D eigenvalue weighted by Gasteiger charge is -2.13. The molecule has 2 aromatic rings. The maximum Gasteiger partial charge on any atom is 0.278 e. The molecular formula is C18H15Br3N4O4. The Hall–Kier alpha value is -2.00. The number of nitrogens with zero attached hydrogens (tertiary/aromatic N) is 3. The Kier molecular flexibility index (Phi) is 8.58. The molecule has 8 nitrogen and oxygen atoms in total. The summed E-state index contributed by atoms with van der Waals surface area (Å²) in [6.45, 7) is 1.56. The monoisotopic (exact) mass is 588 g/mol. The third-order valence-electron chi connectivity index (χ3n) is 3.55. The van der Waals surface area contributed by atoms with Crippen LogP contribution in [-0.2, 0) is 16.1 Å². The van der Waals surface area contributed by atoms with Gasteiger partial charge in [-0.25, -0.2) is 10.4 Å². The van der Waals surface area contributed by atoms with Crippen molar-refractivity contribution >= 4 is 59.9 Å². The molecule has 152 valence electrons. The Balaban J connectivity index is 2.05. The van der Waals surface area contributed by atoms with Crippen molar-refractivity contribution in [3.8, 4) is 17.7 Å². The average molecular weight is 591 g/mol. The molecule has 0 unspecified atom stereocenters. The van der Waals surface area contributed by atoms with Crippen molar-refractivity contribution in [3.05, 3.63) is 47.9 Å². The molecule has 11 heteroatoms. The van der Waals surface area contributed by atoms with Gasteiger partial charge in [0.15, 0.2) is 6.61 Å². The van der Waals surface area contributed by atoms with Crippen LogP contribution in [0.4, 0.5) is 0 Å². The quantitative estimate of drug-likeness (QED) is 0.373. The van der Waals surface area contributed by atoms with Crippen LogP contribution >= 0.6 is 47.8 Å². The summed E-state index contributed by atoms with van der Waals surface area (Å²) in [7, 11) is 1.51. The number of carbonyl (C=O) groups is 1. The largest absolute Gasteiger partial charge is 0.506 e. The number of amides is 1. The second kappa shape index (κ2) is 10.7. The zero-order chi connectivity index (χ0) is 21.6. The van der Waals surface area contributed by atoms with Gasteiger partial charge in [0.1, 0.15) is 17.4 Å². The van der Waals surface area contributed by atoms with E-state index in [0.29, 0.717) is 30.2 Å². The van der Waals surface area contributed by atoms with E-state index >= 15 is 0 Å². The van der Waals surface area contributed by atoms with Gasteiger partial charge in [-0.05, 0) is 72.4 Å². The third-order valence-corrected chi connectivity index (χ3v) is 5.81. The topological polar surface area (TPSA) is 117 Å². The summed E-state index contributed by atoms with van der Waals surface area (Å²) in [4.78, 5) is 16.2. The van der Waals surface area contributed by atoms with Crippen LogP contribution < -0.4 is 10.2 Å². The maximum atomic E-state index is 12.0. The van der Waals surface area contributed by atoms with Crippen molar-refractivity contribution < 1.29 is 19.4 Å². The molecule has 0 saturated heterocycles. The summed E-state index contributed by atoms with van der Waals surface area (Å²) in [5, 5.41) is 23.0. The predicted octanol–water partition coefficient (Wildman–Crippen LogP) is 3.93. The Bertz CT molecular complexity index is 983. The molecule has 0 saturated carbocycles. The van der Waals surface area contributed by atoms with Crippen LogP contribution in [0.1, 0.15) is 22.4 Å². The fourth-order valence-electron chi connectivity index (χ4n) is 2.22. The molecule has 1 aromatic carbocycles. The number of hydrogen-bond donors (Lipinski definition) is 2. The number of halogens is 3. The van der Waals surface area contributed by atoms with E-state index in [1.807, 2.05) is 6.07 Å². The highest BCUT2D eigenvalue weighted by molar-refractivity contribution is 9.11. The molecule has 0 aliphatic carbocycles. The fourth-order valence-corrected chi connectivity index (χ4v) is 3.84. The van der Waals surface area contributed by atoms with Crippen molar-refractivity contribution in [2.75, 3.05) is 13.7 Å². The van der Waals surface area contributed by atoms with Crippen LogP contribution in [0.3, 0.4) is 0 Å². The highest BCUT2D eigenvalue weighted by atomic mass is 79.9. The highest BCUT2D eigenvalue weighted by Crippen LogP contribution is 2.33. The molecule has 2 rings (SSSR count). The lowest BCUT2D eigenvalue weighted by molar-refractivity contribution is -0.123. The van der Waals surface area contributed by atoms with Gasteiger partial charge in [0.25, 0.3) is 5.91 Å². The number of aromatic hydroxyl groups is 1. The molecule has 0 aliphatic heterocycles. The van der Waals surface area contributed by atoms with Crippen LogP contribution in [0.5, 0.6) is 11.6 Å². The van der Waals surface area contributed by atoms with Crippen LogP contribution in [0.2, 0.25) is 0 Å². The number of methoxy groups -OCH3 is 1. The Labute approximate surface area is 192 Å². The normalized spacial score (nSPS) is 10.8. The summed E-state index contributed by atoms with van der Waals surface area (Å²) >= 11 is 9.82. The van der Waals surface area contributed by atoms with Gasteiger partial charge >= 0.3 is 0 Å². The molecule has 0 spiro atoms. The minimum atomic E-state index is -0.530. The van der Waals surface area contributed by atoms with E-state index in [2.05, 4.69) is 63.3 Å². The molecule has 0 fully saturated rings. The van der Waals surface area contributed by atoms with Gasteiger partial charge in [-0.15, -0.1) is 0 Å². The number of rotatable bonds is 7. The SMILES string of the molecule is COCc1c(Br)c(C)nc(OCC(=O)N/N=C/c2cc(Br)c(O)c(Br)c2)c1C#N. The van der Waals surface area contributed by atoms with Gasteiger partial charge < -0.3 is 14.6 Å². The number of hydrazone groups is 1. The first-order valence-corrected chi connectivity index (χ1v) is 10.4. The van der Waals surface area contributed by atoms with Gasteiger partial charge in [-0.2, -0.15) is 10.4 Å². The number of nitriles is 1. The van der Waals surface area contributed by atoms with E-state index in [1.54, 1.807) is 19.1 Å². The van der Waals surface area contributed by atoms with E-state index in [0.717, 1.165) is 0 Å². The number of benzene rings is 1. The van der Waals surface area contributed by atoms with Gasteiger partial charge in [0.2, 0.25) is 5.88 Å². The molecule has 1 aromatic heterocycles. The summed E-state index contributed by atoms with van der Waals surface area (Å²) in [5.41, 5.74) is 4.36. The number of phenols is 1. The number of phenolic OH excluding ortho intramolecular Hbond substituents is 1. The molecule has 1 amide bonds. The van der Waals surface area contributed by atoms with Gasteiger partial charge in [-0.3, -0.25) is 4.79 Å². The zero-order valence-corrected chi connectivity index (χ0v) is 20.1. The maximum absolute atomic E-state index is 12.0. The molecule has 0 bridgehead atoms. The zero-order valence-electron chi connectivity index (χ0n) is 15.3. The Morgan fingerprint density at radius 1 is 1.38 bits per heavy atom. The molecule has 0 atom stereocenters. The predicted molar refractivity (Wildman–Crippen MR) is 117 cm³/mol.